The van der Waals surface area contributed by atoms with Crippen molar-refractivity contribution in [2.75, 3.05) is 25.2 Å². The van der Waals surface area contributed by atoms with E-state index in [0.717, 1.165) is 5.56 Å². The third kappa shape index (κ3) is 5.79. The molecule has 1 heterocycles. The van der Waals surface area contributed by atoms with Gasteiger partial charge in [0.1, 0.15) is 18.2 Å². The van der Waals surface area contributed by atoms with Gasteiger partial charge in [0.2, 0.25) is 0 Å². The zero-order valence-corrected chi connectivity index (χ0v) is 17.2. The number of carbonyl (C=O) groups excluding carboxylic acids is 2. The predicted octanol–water partition coefficient (Wildman–Crippen LogP) is 2.21. The highest BCUT2D eigenvalue weighted by Gasteiger charge is 2.32. The summed E-state index contributed by atoms with van der Waals surface area (Å²) < 4.78 is 46.8. The highest BCUT2D eigenvalue weighted by atomic mass is 32.2. The lowest BCUT2D eigenvalue weighted by Gasteiger charge is -2.23. The van der Waals surface area contributed by atoms with Gasteiger partial charge in [-0.3, -0.25) is 4.79 Å². The van der Waals surface area contributed by atoms with Crippen molar-refractivity contribution in [1.29, 1.82) is 0 Å². The topological polar surface area (TPSA) is 90.0 Å². The van der Waals surface area contributed by atoms with Gasteiger partial charge in [-0.25, -0.2) is 17.6 Å². The van der Waals surface area contributed by atoms with Crippen LogP contribution in [0.4, 0.5) is 4.39 Å². The number of nitrogens with zero attached hydrogens (tertiary/aromatic N) is 1. The van der Waals surface area contributed by atoms with Crippen LogP contribution in [0.15, 0.2) is 48.5 Å². The van der Waals surface area contributed by atoms with Crippen LogP contribution in [0.5, 0.6) is 5.75 Å². The molecule has 1 saturated heterocycles. The summed E-state index contributed by atoms with van der Waals surface area (Å²) in [7, 11) is -1.61. The molecule has 7 nitrogen and oxygen atoms in total. The fraction of sp³-hybridized carbons (Fsp3) is 0.333. The Bertz CT molecular complexity index is 1020. The first-order valence-electron chi connectivity index (χ1n) is 9.34. The maximum Gasteiger partial charge on any atom is 0.338 e. The highest BCUT2D eigenvalue weighted by molar-refractivity contribution is 7.91. The maximum absolute atomic E-state index is 12.9. The third-order valence-corrected chi connectivity index (χ3v) is 6.62. The molecular weight excluding hydrogens is 413 g/mol. The van der Waals surface area contributed by atoms with Crippen LogP contribution in [-0.4, -0.2) is 56.4 Å². The van der Waals surface area contributed by atoms with Crippen LogP contribution in [-0.2, 0) is 26.0 Å². The average molecular weight is 435 g/mol. The fourth-order valence-corrected chi connectivity index (χ4v) is 4.83. The zero-order chi connectivity index (χ0) is 21.7. The van der Waals surface area contributed by atoms with Gasteiger partial charge in [-0.2, -0.15) is 0 Å². The SMILES string of the molecule is CN(C(=O)COC(=O)c1cccc(OCc2ccc(F)cc2)c1)C1CCS(=O)(=O)C1. The largest absolute Gasteiger partial charge is 0.489 e. The summed E-state index contributed by atoms with van der Waals surface area (Å²) in [4.78, 5) is 25.8. The van der Waals surface area contributed by atoms with Crippen molar-refractivity contribution in [1.82, 2.24) is 4.90 Å². The van der Waals surface area contributed by atoms with Crippen LogP contribution in [0, 0.1) is 5.82 Å². The van der Waals surface area contributed by atoms with Crippen molar-refractivity contribution in [2.45, 2.75) is 19.1 Å². The monoisotopic (exact) mass is 435 g/mol. The van der Waals surface area contributed by atoms with Gasteiger partial charge in [-0.15, -0.1) is 0 Å². The van der Waals surface area contributed by atoms with E-state index in [1.807, 2.05) is 0 Å². The predicted molar refractivity (Wildman–Crippen MR) is 107 cm³/mol. The van der Waals surface area contributed by atoms with E-state index >= 15 is 0 Å². The lowest BCUT2D eigenvalue weighted by atomic mass is 10.2. The molecule has 0 bridgehead atoms. The lowest BCUT2D eigenvalue weighted by molar-refractivity contribution is -0.134. The molecule has 0 spiro atoms. The summed E-state index contributed by atoms with van der Waals surface area (Å²) in [5.74, 6) is -1.08. The third-order valence-electron chi connectivity index (χ3n) is 4.86. The average Bonchev–Trinajstić information content (AvgIpc) is 3.10. The minimum absolute atomic E-state index is 0.0553. The first kappa shape index (κ1) is 21.8. The highest BCUT2D eigenvalue weighted by Crippen LogP contribution is 2.18. The molecule has 0 N–H and O–H groups in total. The molecule has 0 radical (unpaired) electrons. The second kappa shape index (κ2) is 9.25. The molecule has 0 saturated carbocycles. The number of benzene rings is 2. The van der Waals surface area contributed by atoms with Crippen molar-refractivity contribution in [3.63, 3.8) is 0 Å². The maximum atomic E-state index is 12.9. The molecule has 1 fully saturated rings. The summed E-state index contributed by atoms with van der Waals surface area (Å²) in [6.45, 7) is -0.279. The minimum Gasteiger partial charge on any atom is -0.489 e. The molecule has 2 aromatic rings. The lowest BCUT2D eigenvalue weighted by Crippen LogP contribution is -2.40. The number of ether oxygens (including phenoxy) is 2. The number of likely N-dealkylation sites (N-methyl/N-ethyl adjacent to an activating group) is 1. The molecule has 1 atom stereocenters. The quantitative estimate of drug-likeness (QED) is 0.620. The summed E-state index contributed by atoms with van der Waals surface area (Å²) >= 11 is 0. The molecule has 1 aliphatic rings. The number of rotatable bonds is 7. The number of hydrogen-bond acceptors (Lipinski definition) is 6. The van der Waals surface area contributed by atoms with Gasteiger partial charge < -0.3 is 14.4 Å². The Balaban J connectivity index is 1.52. The van der Waals surface area contributed by atoms with E-state index in [1.54, 1.807) is 24.3 Å². The number of esters is 1. The second-order valence-corrected chi connectivity index (χ2v) is 9.31. The van der Waals surface area contributed by atoms with E-state index in [0.29, 0.717) is 12.2 Å². The Morgan fingerprint density at radius 3 is 2.57 bits per heavy atom. The van der Waals surface area contributed by atoms with Gasteiger partial charge in [0.15, 0.2) is 16.4 Å². The van der Waals surface area contributed by atoms with Gasteiger partial charge in [0.25, 0.3) is 5.91 Å². The van der Waals surface area contributed by atoms with Gasteiger partial charge in [0, 0.05) is 13.1 Å². The van der Waals surface area contributed by atoms with Gasteiger partial charge in [0.05, 0.1) is 17.1 Å². The molecule has 30 heavy (non-hydrogen) atoms. The number of sulfone groups is 1. The van der Waals surface area contributed by atoms with Gasteiger partial charge in [-0.05, 0) is 42.3 Å². The van der Waals surface area contributed by atoms with Crippen molar-refractivity contribution in [3.05, 3.63) is 65.5 Å². The molecule has 3 rings (SSSR count). The smallest absolute Gasteiger partial charge is 0.338 e. The Kier molecular flexibility index (Phi) is 6.71. The van der Waals surface area contributed by atoms with Crippen molar-refractivity contribution in [3.8, 4) is 5.75 Å². The standard InChI is InChI=1S/C21H22FNO6S/c1-23(18-9-10-30(26,27)14-18)20(24)13-29-21(25)16-3-2-4-19(11-16)28-12-15-5-7-17(22)8-6-15/h2-8,11,18H,9-10,12-14H2,1H3. The molecule has 9 heteroatoms. The first-order chi connectivity index (χ1) is 14.2. The van der Waals surface area contributed by atoms with Crippen LogP contribution in [0.1, 0.15) is 22.3 Å². The van der Waals surface area contributed by atoms with E-state index in [-0.39, 0.29) is 29.5 Å². The van der Waals surface area contributed by atoms with E-state index in [4.69, 9.17) is 9.47 Å². The zero-order valence-electron chi connectivity index (χ0n) is 16.4. The van der Waals surface area contributed by atoms with Crippen LogP contribution in [0.2, 0.25) is 0 Å². The van der Waals surface area contributed by atoms with E-state index < -0.39 is 34.4 Å². The van der Waals surface area contributed by atoms with E-state index in [9.17, 15) is 22.4 Å². The Labute approximate surface area is 174 Å². The van der Waals surface area contributed by atoms with Crippen LogP contribution >= 0.6 is 0 Å². The molecule has 1 amide bonds. The molecule has 0 aliphatic carbocycles. The van der Waals surface area contributed by atoms with Crippen LogP contribution in [0.3, 0.4) is 0 Å². The van der Waals surface area contributed by atoms with Crippen molar-refractivity contribution in [2.24, 2.45) is 0 Å². The summed E-state index contributed by atoms with van der Waals surface area (Å²) in [5, 5.41) is 0. The number of carbonyl (C=O) groups is 2. The Morgan fingerprint density at radius 2 is 1.90 bits per heavy atom. The molecular formula is C21H22FNO6S. The van der Waals surface area contributed by atoms with Crippen molar-refractivity contribution >= 4 is 21.7 Å². The molecule has 0 aromatic heterocycles. The van der Waals surface area contributed by atoms with Crippen molar-refractivity contribution < 1.29 is 31.9 Å². The second-order valence-electron chi connectivity index (χ2n) is 7.08. The van der Waals surface area contributed by atoms with Gasteiger partial charge in [-0.1, -0.05) is 18.2 Å². The number of hydrogen-bond donors (Lipinski definition) is 0. The van der Waals surface area contributed by atoms with Crippen LogP contribution in [0.25, 0.3) is 0 Å². The first-order valence-corrected chi connectivity index (χ1v) is 11.2. The van der Waals surface area contributed by atoms with E-state index in [1.165, 1.54) is 36.2 Å². The van der Waals surface area contributed by atoms with Crippen LogP contribution < -0.4 is 4.74 Å². The normalized spacial score (nSPS) is 17.3. The minimum atomic E-state index is -3.11. The summed E-state index contributed by atoms with van der Waals surface area (Å²) in [5.41, 5.74) is 0.984. The number of amides is 1. The molecule has 2 aromatic carbocycles. The number of halogens is 1. The Hall–Kier alpha value is -2.94. The summed E-state index contributed by atoms with van der Waals surface area (Å²) in [6, 6.07) is 11.8. The molecule has 160 valence electrons. The molecule has 1 aliphatic heterocycles. The summed E-state index contributed by atoms with van der Waals surface area (Å²) in [6.07, 6.45) is 0.381. The molecule has 1 unspecified atom stereocenters. The van der Waals surface area contributed by atoms with E-state index in [2.05, 4.69) is 0 Å². The van der Waals surface area contributed by atoms with Gasteiger partial charge >= 0.3 is 5.97 Å². The Morgan fingerprint density at radius 1 is 1.17 bits per heavy atom. The fourth-order valence-electron chi connectivity index (χ4n) is 3.06.